The number of nitrogens with one attached hydrogen (secondary N) is 1. The summed E-state index contributed by atoms with van der Waals surface area (Å²) >= 11 is 3.24. The second-order valence-corrected chi connectivity index (χ2v) is 4.91. The van der Waals surface area contributed by atoms with Gasteiger partial charge in [0.2, 0.25) is 0 Å². The number of rotatable bonds is 4. The predicted molar refractivity (Wildman–Crippen MR) is 74.5 cm³/mol. The van der Waals surface area contributed by atoms with Gasteiger partial charge in [0, 0.05) is 17.1 Å². The van der Waals surface area contributed by atoms with Crippen LogP contribution in [-0.4, -0.2) is 4.92 Å². The minimum Gasteiger partial charge on any atom is -0.380 e. The lowest BCUT2D eigenvalue weighted by molar-refractivity contribution is -0.385. The number of hydrogen-bond donors (Lipinski definition) is 1. The molecule has 0 spiro atoms. The summed E-state index contributed by atoms with van der Waals surface area (Å²) in [6, 6.07) is 7.41. The van der Waals surface area contributed by atoms with Gasteiger partial charge in [-0.15, -0.1) is 0 Å². The van der Waals surface area contributed by atoms with Gasteiger partial charge in [-0.2, -0.15) is 0 Å². The van der Waals surface area contributed by atoms with Crippen LogP contribution < -0.4 is 5.32 Å². The first kappa shape index (κ1) is 14.4. The number of nitrogens with zero attached hydrogens (tertiary/aromatic N) is 1. The van der Waals surface area contributed by atoms with Crippen LogP contribution in [0.1, 0.15) is 5.56 Å². The molecule has 1 N–H and O–H groups in total. The molecular formula is C13H9BrF2N2O2. The van der Waals surface area contributed by atoms with Gasteiger partial charge in [0.25, 0.3) is 5.69 Å². The van der Waals surface area contributed by atoms with Crippen LogP contribution in [0.2, 0.25) is 0 Å². The maximum atomic E-state index is 13.3. The van der Waals surface area contributed by atoms with E-state index in [1.54, 1.807) is 0 Å². The van der Waals surface area contributed by atoms with Gasteiger partial charge < -0.3 is 5.32 Å². The lowest BCUT2D eigenvalue weighted by atomic mass is 10.2. The summed E-state index contributed by atoms with van der Waals surface area (Å²) in [7, 11) is 0. The number of nitro groups is 1. The van der Waals surface area contributed by atoms with Gasteiger partial charge in [-0.3, -0.25) is 10.1 Å². The SMILES string of the molecule is O=[N+]([O-])c1cc(F)cc(CNc2cc(F)ccc2Br)c1. The Hall–Kier alpha value is -2.02. The Morgan fingerprint density at radius 3 is 2.60 bits per heavy atom. The summed E-state index contributed by atoms with van der Waals surface area (Å²) in [5.74, 6) is -1.10. The third-order valence-electron chi connectivity index (χ3n) is 2.56. The molecule has 0 amide bonds. The fourth-order valence-corrected chi connectivity index (χ4v) is 2.06. The molecule has 0 aliphatic carbocycles. The van der Waals surface area contributed by atoms with Gasteiger partial charge in [-0.1, -0.05) is 0 Å². The fourth-order valence-electron chi connectivity index (χ4n) is 1.67. The lowest BCUT2D eigenvalue weighted by Crippen LogP contribution is -2.02. The van der Waals surface area contributed by atoms with E-state index in [0.717, 1.165) is 6.07 Å². The average molecular weight is 343 g/mol. The molecule has 0 unspecified atom stereocenters. The zero-order valence-electron chi connectivity index (χ0n) is 10.1. The molecule has 0 heterocycles. The molecule has 2 aromatic rings. The zero-order valence-corrected chi connectivity index (χ0v) is 11.7. The van der Waals surface area contributed by atoms with Crippen molar-refractivity contribution in [3.05, 3.63) is 68.2 Å². The summed E-state index contributed by atoms with van der Waals surface area (Å²) in [5.41, 5.74) is 0.560. The Kier molecular flexibility index (Phi) is 4.29. The molecule has 0 aliphatic heterocycles. The van der Waals surface area contributed by atoms with Crippen LogP contribution in [0.15, 0.2) is 40.9 Å². The smallest absolute Gasteiger partial charge is 0.272 e. The van der Waals surface area contributed by atoms with Crippen LogP contribution in [0, 0.1) is 21.7 Å². The van der Waals surface area contributed by atoms with Crippen molar-refractivity contribution in [3.63, 3.8) is 0 Å². The standard InChI is InChI=1S/C13H9BrF2N2O2/c14-12-2-1-9(15)6-13(12)17-7-8-3-10(16)5-11(4-8)18(19)20/h1-6,17H,7H2. The molecule has 20 heavy (non-hydrogen) atoms. The monoisotopic (exact) mass is 342 g/mol. The van der Waals surface area contributed by atoms with Gasteiger partial charge in [-0.05, 0) is 45.8 Å². The maximum absolute atomic E-state index is 13.3. The van der Waals surface area contributed by atoms with E-state index in [2.05, 4.69) is 21.2 Å². The number of non-ortho nitro benzene ring substituents is 1. The van der Waals surface area contributed by atoms with Gasteiger partial charge in [-0.25, -0.2) is 8.78 Å². The van der Waals surface area contributed by atoms with Crippen LogP contribution in [-0.2, 0) is 6.54 Å². The van der Waals surface area contributed by atoms with Crippen LogP contribution >= 0.6 is 15.9 Å². The average Bonchev–Trinajstić information content (AvgIpc) is 2.39. The topological polar surface area (TPSA) is 55.2 Å². The number of nitro benzene ring substituents is 1. The molecule has 0 radical (unpaired) electrons. The molecular weight excluding hydrogens is 334 g/mol. The zero-order chi connectivity index (χ0) is 14.7. The highest BCUT2D eigenvalue weighted by Crippen LogP contribution is 2.24. The molecule has 0 aliphatic rings. The van der Waals surface area contributed by atoms with Gasteiger partial charge in [0.1, 0.15) is 11.6 Å². The molecule has 2 aromatic carbocycles. The van der Waals surface area contributed by atoms with Crippen LogP contribution in [0.4, 0.5) is 20.2 Å². The summed E-state index contributed by atoms with van der Waals surface area (Å²) < 4.78 is 27.0. The third kappa shape index (κ3) is 3.51. The molecule has 2 rings (SSSR count). The Labute approximate surface area is 121 Å². The van der Waals surface area contributed by atoms with Crippen molar-refractivity contribution >= 4 is 27.3 Å². The van der Waals surface area contributed by atoms with Crippen molar-refractivity contribution in [3.8, 4) is 0 Å². The minimum absolute atomic E-state index is 0.140. The predicted octanol–water partition coefficient (Wildman–Crippen LogP) is 4.25. The van der Waals surface area contributed by atoms with E-state index in [4.69, 9.17) is 0 Å². The van der Waals surface area contributed by atoms with Crippen molar-refractivity contribution < 1.29 is 13.7 Å². The molecule has 7 heteroatoms. The number of hydrogen-bond acceptors (Lipinski definition) is 3. The molecule has 0 fully saturated rings. The van der Waals surface area contributed by atoms with E-state index in [9.17, 15) is 18.9 Å². The van der Waals surface area contributed by atoms with Gasteiger partial charge >= 0.3 is 0 Å². The van der Waals surface area contributed by atoms with E-state index < -0.39 is 16.6 Å². The summed E-state index contributed by atoms with van der Waals surface area (Å²) in [4.78, 5) is 9.98. The Morgan fingerprint density at radius 1 is 1.15 bits per heavy atom. The highest BCUT2D eigenvalue weighted by molar-refractivity contribution is 9.10. The fraction of sp³-hybridized carbons (Fsp3) is 0.0769. The first-order valence-corrected chi connectivity index (χ1v) is 6.38. The number of benzene rings is 2. The van der Waals surface area contributed by atoms with Crippen LogP contribution in [0.3, 0.4) is 0 Å². The molecule has 0 saturated carbocycles. The number of halogens is 3. The second kappa shape index (κ2) is 5.96. The Bertz CT molecular complexity index is 665. The Balaban J connectivity index is 2.18. The van der Waals surface area contributed by atoms with Crippen molar-refractivity contribution in [1.29, 1.82) is 0 Å². The quantitative estimate of drug-likeness (QED) is 0.667. The summed E-state index contributed by atoms with van der Waals surface area (Å²) in [6.07, 6.45) is 0. The largest absolute Gasteiger partial charge is 0.380 e. The molecule has 104 valence electrons. The van der Waals surface area contributed by atoms with Gasteiger partial charge in [0.05, 0.1) is 16.7 Å². The van der Waals surface area contributed by atoms with Crippen molar-refractivity contribution in [2.45, 2.75) is 6.54 Å². The van der Waals surface area contributed by atoms with Crippen molar-refractivity contribution in [2.24, 2.45) is 0 Å². The third-order valence-corrected chi connectivity index (χ3v) is 3.26. The Morgan fingerprint density at radius 2 is 1.90 bits per heavy atom. The van der Waals surface area contributed by atoms with E-state index >= 15 is 0 Å². The highest BCUT2D eigenvalue weighted by Gasteiger charge is 2.10. The van der Waals surface area contributed by atoms with Crippen molar-refractivity contribution in [2.75, 3.05) is 5.32 Å². The summed E-state index contributed by atoms with van der Waals surface area (Å²) in [6.45, 7) is 0.140. The molecule has 0 saturated heterocycles. The summed E-state index contributed by atoms with van der Waals surface area (Å²) in [5, 5.41) is 13.5. The van der Waals surface area contributed by atoms with Gasteiger partial charge in [0.15, 0.2) is 0 Å². The van der Waals surface area contributed by atoms with E-state index in [0.29, 0.717) is 15.7 Å². The van der Waals surface area contributed by atoms with Crippen LogP contribution in [0.5, 0.6) is 0 Å². The highest BCUT2D eigenvalue weighted by atomic mass is 79.9. The maximum Gasteiger partial charge on any atom is 0.272 e. The molecule has 4 nitrogen and oxygen atoms in total. The first-order chi connectivity index (χ1) is 9.45. The van der Waals surface area contributed by atoms with E-state index in [1.807, 2.05) is 0 Å². The number of anilines is 1. The first-order valence-electron chi connectivity index (χ1n) is 5.58. The molecule has 0 aromatic heterocycles. The molecule has 0 atom stereocenters. The van der Waals surface area contributed by atoms with Crippen molar-refractivity contribution in [1.82, 2.24) is 0 Å². The second-order valence-electron chi connectivity index (χ2n) is 4.05. The van der Waals surface area contributed by atoms with E-state index in [-0.39, 0.29) is 12.2 Å². The lowest BCUT2D eigenvalue weighted by Gasteiger charge is -2.09. The van der Waals surface area contributed by atoms with E-state index in [1.165, 1.54) is 30.3 Å². The van der Waals surface area contributed by atoms with Crippen LogP contribution in [0.25, 0.3) is 0 Å². The minimum atomic E-state index is -0.686. The normalized spacial score (nSPS) is 10.3. The molecule has 0 bridgehead atoms.